The van der Waals surface area contributed by atoms with E-state index in [4.69, 9.17) is 33.2 Å². The summed E-state index contributed by atoms with van der Waals surface area (Å²) in [7, 11) is 0. The molecule has 1 aromatic carbocycles. The molecule has 0 saturated carbocycles. The van der Waals surface area contributed by atoms with Crippen LogP contribution in [0.5, 0.6) is 0 Å². The molecule has 0 aliphatic rings. The molecular formula is C9H9Cl3Si. The largest absolute Gasteiger partial charge is 0.372 e. The summed E-state index contributed by atoms with van der Waals surface area (Å²) in [6.07, 6.45) is 2.70. The van der Waals surface area contributed by atoms with Gasteiger partial charge in [0.2, 0.25) is 0 Å². The third-order valence-corrected chi connectivity index (χ3v) is 4.61. The van der Waals surface area contributed by atoms with Crippen LogP contribution in [0.15, 0.2) is 36.9 Å². The second-order valence-corrected chi connectivity index (χ2v) is 11.1. The van der Waals surface area contributed by atoms with Crippen molar-refractivity contribution >= 4 is 44.4 Å². The maximum absolute atomic E-state index is 5.84. The number of hydrogen-bond donors (Lipinski definition) is 0. The van der Waals surface area contributed by atoms with Gasteiger partial charge in [-0.1, -0.05) is 30.3 Å². The molecule has 0 fully saturated rings. The van der Waals surface area contributed by atoms with Crippen molar-refractivity contribution in [2.24, 2.45) is 0 Å². The maximum atomic E-state index is 5.84. The van der Waals surface area contributed by atoms with Gasteiger partial charge in [-0.25, -0.2) is 0 Å². The lowest BCUT2D eigenvalue weighted by Gasteiger charge is -2.08. The zero-order chi connectivity index (χ0) is 9.90. The number of benzene rings is 1. The van der Waals surface area contributed by atoms with Gasteiger partial charge in [0.1, 0.15) is 0 Å². The van der Waals surface area contributed by atoms with Crippen LogP contribution < -0.4 is 5.19 Å². The third kappa shape index (κ3) is 3.35. The summed E-state index contributed by atoms with van der Waals surface area (Å²) in [6.45, 7) is 3.66. The van der Waals surface area contributed by atoms with Gasteiger partial charge >= 0.3 is 6.00 Å². The zero-order valence-electron chi connectivity index (χ0n) is 6.93. The van der Waals surface area contributed by atoms with Crippen molar-refractivity contribution in [2.75, 3.05) is 0 Å². The summed E-state index contributed by atoms with van der Waals surface area (Å²) in [6, 6.07) is 4.99. The average Bonchev–Trinajstić information content (AvgIpc) is 2.04. The number of hydrogen-bond acceptors (Lipinski definition) is 0. The lowest BCUT2D eigenvalue weighted by Crippen LogP contribution is -2.29. The van der Waals surface area contributed by atoms with E-state index >= 15 is 0 Å². The molecule has 4 heteroatoms. The van der Waals surface area contributed by atoms with Crippen LogP contribution >= 0.6 is 33.2 Å². The summed E-state index contributed by atoms with van der Waals surface area (Å²) in [5.74, 6) is 0. The SMILES string of the molecule is C=CCc1ccc([Si](Cl)(Cl)Cl)cc1. The van der Waals surface area contributed by atoms with E-state index in [9.17, 15) is 0 Å². The van der Waals surface area contributed by atoms with E-state index < -0.39 is 6.00 Å². The topological polar surface area (TPSA) is 0 Å². The van der Waals surface area contributed by atoms with Crippen LogP contribution in [-0.4, -0.2) is 6.00 Å². The summed E-state index contributed by atoms with van der Waals surface area (Å²) in [5.41, 5.74) is 1.18. The Morgan fingerprint density at radius 1 is 1.15 bits per heavy atom. The lowest BCUT2D eigenvalue weighted by molar-refractivity contribution is 1.28. The van der Waals surface area contributed by atoms with Crippen LogP contribution in [0.1, 0.15) is 5.56 Å². The van der Waals surface area contributed by atoms with E-state index in [2.05, 4.69) is 6.58 Å². The standard InChI is InChI=1S/C9H9Cl3Si/c1-2-3-8-4-6-9(7-5-8)13(10,11)12/h2,4-7H,1,3H2. The fraction of sp³-hybridized carbons (Fsp3) is 0.111. The molecule has 1 aromatic rings. The highest BCUT2D eigenvalue weighted by Gasteiger charge is 2.27. The van der Waals surface area contributed by atoms with E-state index in [1.54, 1.807) is 0 Å². The zero-order valence-corrected chi connectivity index (χ0v) is 10.2. The van der Waals surface area contributed by atoms with E-state index in [1.165, 1.54) is 5.56 Å². The summed E-state index contributed by atoms with van der Waals surface area (Å²) < 4.78 is 0. The number of halogens is 3. The molecule has 0 atom stereocenters. The van der Waals surface area contributed by atoms with Crippen LogP contribution in [0.3, 0.4) is 0 Å². The number of rotatable bonds is 3. The van der Waals surface area contributed by atoms with Gasteiger partial charge in [0, 0.05) is 0 Å². The molecule has 0 unspecified atom stereocenters. The first kappa shape index (κ1) is 11.1. The predicted octanol–water partition coefficient (Wildman–Crippen LogP) is 3.28. The Morgan fingerprint density at radius 3 is 2.08 bits per heavy atom. The van der Waals surface area contributed by atoms with E-state index in [0.717, 1.165) is 11.6 Å². The highest BCUT2D eigenvalue weighted by atomic mass is 35.8. The molecule has 0 spiro atoms. The molecule has 0 aliphatic carbocycles. The summed E-state index contributed by atoms with van der Waals surface area (Å²) in [5, 5.41) is 0.824. The van der Waals surface area contributed by atoms with Crippen LogP contribution in [-0.2, 0) is 6.42 Å². The monoisotopic (exact) mass is 250 g/mol. The van der Waals surface area contributed by atoms with Crippen molar-refractivity contribution < 1.29 is 0 Å². The minimum atomic E-state index is -2.69. The van der Waals surface area contributed by atoms with Crippen molar-refractivity contribution in [1.29, 1.82) is 0 Å². The minimum Gasteiger partial charge on any atom is -0.121 e. The third-order valence-electron chi connectivity index (χ3n) is 1.66. The molecule has 0 heterocycles. The average molecular weight is 252 g/mol. The highest BCUT2D eigenvalue weighted by Crippen LogP contribution is 2.19. The first-order valence-electron chi connectivity index (χ1n) is 3.81. The predicted molar refractivity (Wildman–Crippen MR) is 63.3 cm³/mol. The molecule has 0 aromatic heterocycles. The van der Waals surface area contributed by atoms with Crippen molar-refractivity contribution in [3.05, 3.63) is 42.5 Å². The Balaban J connectivity index is 2.87. The second-order valence-electron chi connectivity index (χ2n) is 2.69. The smallest absolute Gasteiger partial charge is 0.121 e. The second kappa shape index (κ2) is 4.51. The van der Waals surface area contributed by atoms with Gasteiger partial charge in [0.15, 0.2) is 0 Å². The Hall–Kier alpha value is 0.0469. The van der Waals surface area contributed by atoms with Crippen molar-refractivity contribution in [3.63, 3.8) is 0 Å². The van der Waals surface area contributed by atoms with E-state index in [-0.39, 0.29) is 0 Å². The lowest BCUT2D eigenvalue weighted by atomic mass is 10.2. The van der Waals surface area contributed by atoms with Crippen molar-refractivity contribution in [3.8, 4) is 0 Å². The Kier molecular flexibility index (Phi) is 3.86. The van der Waals surface area contributed by atoms with Crippen LogP contribution in [0.2, 0.25) is 0 Å². The van der Waals surface area contributed by atoms with Gasteiger partial charge < -0.3 is 0 Å². The normalized spacial score (nSPS) is 11.3. The van der Waals surface area contributed by atoms with Crippen LogP contribution in [0, 0.1) is 0 Å². The van der Waals surface area contributed by atoms with Crippen LogP contribution in [0.4, 0.5) is 0 Å². The molecule has 0 aliphatic heterocycles. The van der Waals surface area contributed by atoms with Crippen LogP contribution in [0.25, 0.3) is 0 Å². The Morgan fingerprint density at radius 2 is 1.69 bits per heavy atom. The first-order chi connectivity index (χ1) is 6.04. The number of allylic oxidation sites excluding steroid dienone is 1. The summed E-state index contributed by atoms with van der Waals surface area (Å²) >= 11 is 17.5. The highest BCUT2D eigenvalue weighted by molar-refractivity contribution is 7.69. The molecule has 0 amide bonds. The van der Waals surface area contributed by atoms with Gasteiger partial charge in [-0.05, 0) is 17.2 Å². The first-order valence-corrected chi connectivity index (χ1v) is 8.84. The van der Waals surface area contributed by atoms with E-state index in [1.807, 2.05) is 30.3 Å². The molecular weight excluding hydrogens is 243 g/mol. The Labute approximate surface area is 93.2 Å². The Bertz CT molecular complexity index is 287. The molecule has 0 bridgehead atoms. The van der Waals surface area contributed by atoms with Crippen molar-refractivity contribution in [2.45, 2.75) is 6.42 Å². The summed E-state index contributed by atoms with van der Waals surface area (Å²) in [4.78, 5) is 0. The molecule has 0 radical (unpaired) electrons. The molecule has 0 saturated heterocycles. The van der Waals surface area contributed by atoms with Gasteiger partial charge in [-0.2, -0.15) is 0 Å². The fourth-order valence-electron chi connectivity index (χ4n) is 0.996. The molecule has 70 valence electrons. The van der Waals surface area contributed by atoms with Gasteiger partial charge in [0.05, 0.1) is 0 Å². The van der Waals surface area contributed by atoms with E-state index in [0.29, 0.717) is 0 Å². The molecule has 0 nitrogen and oxygen atoms in total. The van der Waals surface area contributed by atoms with Crippen molar-refractivity contribution in [1.82, 2.24) is 0 Å². The molecule has 1 rings (SSSR count). The molecule has 13 heavy (non-hydrogen) atoms. The maximum Gasteiger partial charge on any atom is 0.372 e. The minimum absolute atomic E-state index is 0.824. The fourth-order valence-corrected chi connectivity index (χ4v) is 2.68. The van der Waals surface area contributed by atoms with Gasteiger partial charge in [0.25, 0.3) is 0 Å². The van der Waals surface area contributed by atoms with Gasteiger partial charge in [-0.15, -0.1) is 39.8 Å². The quantitative estimate of drug-likeness (QED) is 0.439. The van der Waals surface area contributed by atoms with Gasteiger partial charge in [-0.3, -0.25) is 0 Å². The molecule has 0 N–H and O–H groups in total.